The maximum absolute atomic E-state index is 6.12. The zero-order chi connectivity index (χ0) is 13.4. The molecule has 0 aliphatic heterocycles. The van der Waals surface area contributed by atoms with Crippen molar-refractivity contribution in [3.8, 4) is 11.5 Å². The average molecular weight is 277 g/mol. The molecule has 0 radical (unpaired) electrons. The fraction of sp³-hybridized carbons (Fsp3) is 0.500. The van der Waals surface area contributed by atoms with Crippen LogP contribution >= 0.6 is 11.6 Å². The Balaban J connectivity index is 1.99. The third-order valence-corrected chi connectivity index (χ3v) is 3.39. The van der Waals surface area contributed by atoms with Gasteiger partial charge in [0, 0.05) is 11.7 Å². The highest BCUT2D eigenvalue weighted by Crippen LogP contribution is 2.37. The van der Waals surface area contributed by atoms with Gasteiger partial charge in [-0.3, -0.25) is 0 Å². The predicted octanol–water partition coefficient (Wildman–Crippen LogP) is 3.53. The van der Waals surface area contributed by atoms with Gasteiger partial charge in [0.1, 0.15) is 10.8 Å². The lowest BCUT2D eigenvalue weighted by Gasteiger charge is -2.09. The number of halogens is 1. The molecule has 0 N–H and O–H groups in total. The zero-order valence-electron chi connectivity index (χ0n) is 11.2. The molecule has 0 unspecified atom stereocenters. The first-order valence-corrected chi connectivity index (χ1v) is 7.07. The van der Waals surface area contributed by atoms with Crippen LogP contribution in [0.1, 0.15) is 38.4 Å². The summed E-state index contributed by atoms with van der Waals surface area (Å²) in [6.45, 7) is 4.34. The minimum absolute atomic E-state index is 0.504. The van der Waals surface area contributed by atoms with Crippen LogP contribution in [-0.4, -0.2) is 19.5 Å². The van der Waals surface area contributed by atoms with E-state index in [4.69, 9.17) is 11.6 Å². The molecule has 1 fully saturated rings. The number of rotatable bonds is 4. The van der Waals surface area contributed by atoms with Crippen molar-refractivity contribution >= 4 is 11.6 Å². The largest absolute Gasteiger partial charge is 0.325 e. The van der Waals surface area contributed by atoms with Gasteiger partial charge in [-0.05, 0) is 31.2 Å². The molecule has 0 atom stereocenters. The highest BCUT2D eigenvalue weighted by molar-refractivity contribution is 6.29. The van der Waals surface area contributed by atoms with Crippen molar-refractivity contribution in [2.75, 3.05) is 0 Å². The Morgan fingerprint density at radius 1 is 1.37 bits per heavy atom. The lowest BCUT2D eigenvalue weighted by molar-refractivity contribution is 0.634. The predicted molar refractivity (Wildman–Crippen MR) is 75.1 cm³/mol. The minimum Gasteiger partial charge on any atom is -0.325 e. The van der Waals surface area contributed by atoms with Gasteiger partial charge in [0.25, 0.3) is 0 Å². The van der Waals surface area contributed by atoms with Crippen LogP contribution in [0.25, 0.3) is 11.5 Å². The normalized spacial score (nSPS) is 15.2. The van der Waals surface area contributed by atoms with Gasteiger partial charge in [-0.2, -0.15) is 0 Å². The minimum atomic E-state index is 0.504. The van der Waals surface area contributed by atoms with Gasteiger partial charge in [0.2, 0.25) is 0 Å². The molecule has 19 heavy (non-hydrogen) atoms. The Bertz CT molecular complexity index is 587. The molecule has 1 aliphatic rings. The summed E-state index contributed by atoms with van der Waals surface area (Å²) in [6, 6.07) is 2.41. The third-order valence-electron chi connectivity index (χ3n) is 3.20. The third kappa shape index (κ3) is 2.78. The van der Waals surface area contributed by atoms with Crippen molar-refractivity contribution in [3.63, 3.8) is 0 Å². The van der Waals surface area contributed by atoms with Crippen LogP contribution in [0.2, 0.25) is 5.15 Å². The van der Waals surface area contributed by atoms with Crippen molar-refractivity contribution in [3.05, 3.63) is 29.4 Å². The van der Waals surface area contributed by atoms with Gasteiger partial charge in [-0.1, -0.05) is 25.4 Å². The average Bonchev–Trinajstić information content (AvgIpc) is 3.05. The summed E-state index contributed by atoms with van der Waals surface area (Å²) in [6.07, 6.45) is 7.01. The Labute approximate surface area is 117 Å². The standard InChI is InChI=1S/C14H17ClN4/c1-9(2)5-10-6-13(15)18-14(17-10)12-7-16-8-19(12)11-3-4-11/h6-9,11H,3-5H2,1-2H3. The fourth-order valence-corrected chi connectivity index (χ4v) is 2.43. The van der Waals surface area contributed by atoms with Crippen LogP contribution in [-0.2, 0) is 6.42 Å². The van der Waals surface area contributed by atoms with Crippen LogP contribution in [0.4, 0.5) is 0 Å². The molecule has 0 saturated heterocycles. The molecule has 2 aromatic rings. The summed E-state index contributed by atoms with van der Waals surface area (Å²) in [5, 5.41) is 0.504. The molecule has 1 aliphatic carbocycles. The second kappa shape index (κ2) is 4.93. The summed E-state index contributed by atoms with van der Waals surface area (Å²) in [4.78, 5) is 13.2. The summed E-state index contributed by atoms with van der Waals surface area (Å²) in [5.41, 5.74) is 1.96. The Morgan fingerprint density at radius 2 is 2.16 bits per heavy atom. The topological polar surface area (TPSA) is 43.6 Å². The SMILES string of the molecule is CC(C)Cc1cc(Cl)nc(-c2cncn2C2CC2)n1. The number of aromatic nitrogens is 4. The van der Waals surface area contributed by atoms with Crippen LogP contribution in [0.3, 0.4) is 0 Å². The van der Waals surface area contributed by atoms with Crippen LogP contribution in [0, 0.1) is 5.92 Å². The highest BCUT2D eigenvalue weighted by Gasteiger charge is 2.26. The van der Waals surface area contributed by atoms with Gasteiger partial charge in [0.05, 0.1) is 12.5 Å². The molecular weight excluding hydrogens is 260 g/mol. The van der Waals surface area contributed by atoms with Crippen LogP contribution < -0.4 is 0 Å². The molecule has 2 heterocycles. The van der Waals surface area contributed by atoms with E-state index in [1.807, 2.05) is 18.6 Å². The van der Waals surface area contributed by atoms with E-state index in [1.165, 1.54) is 12.8 Å². The van der Waals surface area contributed by atoms with Crippen LogP contribution in [0.5, 0.6) is 0 Å². The Morgan fingerprint density at radius 3 is 2.84 bits per heavy atom. The maximum atomic E-state index is 6.12. The number of imidazole rings is 1. The van der Waals surface area contributed by atoms with Crippen molar-refractivity contribution < 1.29 is 0 Å². The quantitative estimate of drug-likeness (QED) is 0.803. The Hall–Kier alpha value is -1.42. The van der Waals surface area contributed by atoms with Gasteiger partial charge in [-0.15, -0.1) is 0 Å². The lowest BCUT2D eigenvalue weighted by Crippen LogP contribution is -2.03. The number of hydrogen-bond acceptors (Lipinski definition) is 3. The smallest absolute Gasteiger partial charge is 0.179 e. The fourth-order valence-electron chi connectivity index (χ4n) is 2.22. The van der Waals surface area contributed by atoms with Gasteiger partial charge in [-0.25, -0.2) is 15.0 Å². The molecule has 0 aromatic carbocycles. The van der Waals surface area contributed by atoms with E-state index >= 15 is 0 Å². The molecule has 0 spiro atoms. The first kappa shape index (κ1) is 12.6. The molecule has 1 saturated carbocycles. The molecule has 2 aromatic heterocycles. The monoisotopic (exact) mass is 276 g/mol. The summed E-state index contributed by atoms with van der Waals surface area (Å²) < 4.78 is 2.16. The maximum Gasteiger partial charge on any atom is 0.179 e. The van der Waals surface area contributed by atoms with Crippen molar-refractivity contribution in [2.45, 2.75) is 39.2 Å². The van der Waals surface area contributed by atoms with Crippen molar-refractivity contribution in [1.29, 1.82) is 0 Å². The highest BCUT2D eigenvalue weighted by atomic mass is 35.5. The summed E-state index contributed by atoms with van der Waals surface area (Å²) >= 11 is 6.12. The van der Waals surface area contributed by atoms with Crippen LogP contribution in [0.15, 0.2) is 18.6 Å². The molecule has 0 bridgehead atoms. The zero-order valence-corrected chi connectivity index (χ0v) is 11.9. The van der Waals surface area contributed by atoms with E-state index in [-0.39, 0.29) is 0 Å². The molecule has 3 rings (SSSR count). The first-order valence-electron chi connectivity index (χ1n) is 6.69. The molecule has 4 nitrogen and oxygen atoms in total. The van der Waals surface area contributed by atoms with Crippen molar-refractivity contribution in [1.82, 2.24) is 19.5 Å². The second-order valence-electron chi connectivity index (χ2n) is 5.52. The van der Waals surface area contributed by atoms with Gasteiger partial charge < -0.3 is 4.57 Å². The van der Waals surface area contributed by atoms with Gasteiger partial charge >= 0.3 is 0 Å². The summed E-state index contributed by atoms with van der Waals surface area (Å²) in [7, 11) is 0. The number of hydrogen-bond donors (Lipinski definition) is 0. The van der Waals surface area contributed by atoms with E-state index in [2.05, 4.69) is 33.4 Å². The molecular formula is C14H17ClN4. The van der Waals surface area contributed by atoms with E-state index < -0.39 is 0 Å². The number of nitrogens with zero attached hydrogens (tertiary/aromatic N) is 4. The molecule has 5 heteroatoms. The Kier molecular flexibility index (Phi) is 3.27. The van der Waals surface area contributed by atoms with Gasteiger partial charge in [0.15, 0.2) is 5.82 Å². The second-order valence-corrected chi connectivity index (χ2v) is 5.91. The molecule has 100 valence electrons. The lowest BCUT2D eigenvalue weighted by atomic mass is 10.1. The molecule has 0 amide bonds. The first-order chi connectivity index (χ1) is 9.13. The van der Waals surface area contributed by atoms with E-state index in [0.717, 1.165) is 17.8 Å². The van der Waals surface area contributed by atoms with Crippen molar-refractivity contribution in [2.24, 2.45) is 5.92 Å². The van der Waals surface area contributed by atoms with E-state index in [9.17, 15) is 0 Å². The van der Waals surface area contributed by atoms with E-state index in [1.54, 1.807) is 0 Å². The summed E-state index contributed by atoms with van der Waals surface area (Å²) in [5.74, 6) is 1.24. The van der Waals surface area contributed by atoms with E-state index in [0.29, 0.717) is 22.9 Å².